The molecule has 1 amide bonds. The van der Waals surface area contributed by atoms with E-state index in [2.05, 4.69) is 20.4 Å². The standard InChI is InChI=1S/C5H11N3O2/c1-6-4(7-2)8-5(9)10-3/h1-3H3,(H2,6,7,8,9). The first-order valence-electron chi connectivity index (χ1n) is 2.74. The van der Waals surface area contributed by atoms with E-state index in [1.165, 1.54) is 7.11 Å². The van der Waals surface area contributed by atoms with Gasteiger partial charge >= 0.3 is 6.09 Å². The molecule has 0 saturated heterocycles. The summed E-state index contributed by atoms with van der Waals surface area (Å²) in [5.74, 6) is 0.381. The van der Waals surface area contributed by atoms with Gasteiger partial charge < -0.3 is 10.1 Å². The Hall–Kier alpha value is -1.26. The number of hydrogen-bond acceptors (Lipinski definition) is 3. The van der Waals surface area contributed by atoms with Crippen LogP contribution in [-0.4, -0.2) is 33.3 Å². The van der Waals surface area contributed by atoms with E-state index in [0.29, 0.717) is 5.96 Å². The minimum atomic E-state index is -0.532. The van der Waals surface area contributed by atoms with Crippen molar-refractivity contribution in [2.45, 2.75) is 0 Å². The number of ether oxygens (including phenoxy) is 1. The van der Waals surface area contributed by atoms with E-state index in [0.717, 1.165) is 0 Å². The summed E-state index contributed by atoms with van der Waals surface area (Å²) in [4.78, 5) is 14.2. The van der Waals surface area contributed by atoms with Gasteiger partial charge in [-0.3, -0.25) is 10.3 Å². The van der Waals surface area contributed by atoms with Crippen LogP contribution in [0, 0.1) is 0 Å². The highest BCUT2D eigenvalue weighted by Gasteiger charge is 1.99. The predicted octanol–water partition coefficient (Wildman–Crippen LogP) is -0.452. The quantitative estimate of drug-likeness (QED) is 0.358. The lowest BCUT2D eigenvalue weighted by Gasteiger charge is -2.04. The number of nitrogens with zero attached hydrogens (tertiary/aromatic N) is 1. The first kappa shape index (κ1) is 8.74. The molecule has 0 fully saturated rings. The Morgan fingerprint density at radius 3 is 2.50 bits per heavy atom. The Kier molecular flexibility index (Phi) is 4.02. The van der Waals surface area contributed by atoms with E-state index >= 15 is 0 Å². The number of nitrogens with one attached hydrogen (secondary N) is 2. The summed E-state index contributed by atoms with van der Waals surface area (Å²) in [7, 11) is 4.50. The van der Waals surface area contributed by atoms with Crippen molar-refractivity contribution in [1.82, 2.24) is 10.6 Å². The van der Waals surface area contributed by atoms with Gasteiger partial charge in [-0.1, -0.05) is 0 Å². The van der Waals surface area contributed by atoms with Crippen molar-refractivity contribution < 1.29 is 9.53 Å². The van der Waals surface area contributed by atoms with Crippen molar-refractivity contribution in [3.8, 4) is 0 Å². The Morgan fingerprint density at radius 1 is 1.60 bits per heavy atom. The minimum absolute atomic E-state index is 0.381. The second kappa shape index (κ2) is 4.60. The largest absolute Gasteiger partial charge is 0.453 e. The summed E-state index contributed by atoms with van der Waals surface area (Å²) in [5, 5.41) is 5.00. The van der Waals surface area contributed by atoms with Crippen LogP contribution in [0.15, 0.2) is 4.99 Å². The third-order valence-electron chi connectivity index (χ3n) is 0.866. The van der Waals surface area contributed by atoms with Crippen molar-refractivity contribution in [3.63, 3.8) is 0 Å². The topological polar surface area (TPSA) is 62.7 Å². The third-order valence-corrected chi connectivity index (χ3v) is 0.866. The number of carbonyl (C=O) groups excluding carboxylic acids is 1. The second-order valence-corrected chi connectivity index (χ2v) is 1.44. The third kappa shape index (κ3) is 2.91. The fraction of sp³-hybridized carbons (Fsp3) is 0.600. The molecule has 2 N–H and O–H groups in total. The van der Waals surface area contributed by atoms with Crippen LogP contribution in [0.1, 0.15) is 0 Å². The molecule has 0 heterocycles. The van der Waals surface area contributed by atoms with Crippen LogP contribution in [0.25, 0.3) is 0 Å². The van der Waals surface area contributed by atoms with Crippen molar-refractivity contribution in [2.24, 2.45) is 4.99 Å². The van der Waals surface area contributed by atoms with Gasteiger partial charge in [-0.2, -0.15) is 0 Å². The summed E-state index contributed by atoms with van der Waals surface area (Å²) in [6.45, 7) is 0. The Bertz CT molecular complexity index is 144. The average molecular weight is 145 g/mol. The zero-order chi connectivity index (χ0) is 7.98. The summed E-state index contributed by atoms with van der Waals surface area (Å²) >= 11 is 0. The van der Waals surface area contributed by atoms with Gasteiger partial charge in [0, 0.05) is 14.1 Å². The number of guanidine groups is 1. The molecule has 0 bridgehead atoms. The maximum atomic E-state index is 10.5. The van der Waals surface area contributed by atoms with Gasteiger partial charge in [0.05, 0.1) is 7.11 Å². The van der Waals surface area contributed by atoms with Gasteiger partial charge in [-0.15, -0.1) is 0 Å². The lowest BCUT2D eigenvalue weighted by Crippen LogP contribution is -2.38. The normalized spacial score (nSPS) is 10.5. The minimum Gasteiger partial charge on any atom is -0.453 e. The van der Waals surface area contributed by atoms with Crippen LogP contribution in [0.4, 0.5) is 4.79 Å². The highest BCUT2D eigenvalue weighted by atomic mass is 16.5. The zero-order valence-electron chi connectivity index (χ0n) is 6.26. The van der Waals surface area contributed by atoms with E-state index in [1.54, 1.807) is 14.1 Å². The number of alkyl carbamates (subject to hydrolysis) is 1. The molecule has 0 aromatic rings. The number of amides is 1. The highest BCUT2D eigenvalue weighted by Crippen LogP contribution is 1.70. The monoisotopic (exact) mass is 145 g/mol. The Labute approximate surface area is 59.5 Å². The van der Waals surface area contributed by atoms with Gasteiger partial charge in [-0.25, -0.2) is 4.79 Å². The fourth-order valence-electron chi connectivity index (χ4n) is 0.378. The second-order valence-electron chi connectivity index (χ2n) is 1.44. The molecular formula is C5H11N3O2. The Morgan fingerprint density at radius 2 is 2.20 bits per heavy atom. The smallest absolute Gasteiger partial charge is 0.413 e. The fourth-order valence-corrected chi connectivity index (χ4v) is 0.378. The molecule has 0 spiro atoms. The van der Waals surface area contributed by atoms with Crippen LogP contribution in [0.2, 0.25) is 0 Å². The number of methoxy groups -OCH3 is 1. The summed E-state index contributed by atoms with van der Waals surface area (Å²) in [6.07, 6.45) is -0.532. The van der Waals surface area contributed by atoms with E-state index in [-0.39, 0.29) is 0 Å². The van der Waals surface area contributed by atoms with Crippen LogP contribution >= 0.6 is 0 Å². The first-order valence-corrected chi connectivity index (χ1v) is 2.74. The number of hydrogen-bond donors (Lipinski definition) is 2. The molecule has 0 atom stereocenters. The molecule has 0 rings (SSSR count). The summed E-state index contributed by atoms with van der Waals surface area (Å²) in [5.41, 5.74) is 0. The number of aliphatic imine (C=N–C) groups is 1. The predicted molar refractivity (Wildman–Crippen MR) is 38.0 cm³/mol. The molecule has 0 aliphatic rings. The van der Waals surface area contributed by atoms with Gasteiger partial charge in [0.15, 0.2) is 5.96 Å². The molecular weight excluding hydrogens is 134 g/mol. The molecule has 10 heavy (non-hydrogen) atoms. The summed E-state index contributed by atoms with van der Waals surface area (Å²) < 4.78 is 4.31. The molecule has 5 nitrogen and oxygen atoms in total. The number of carbonyl (C=O) groups is 1. The molecule has 0 saturated carbocycles. The lowest BCUT2D eigenvalue weighted by molar-refractivity contribution is 0.176. The van der Waals surface area contributed by atoms with Crippen LogP contribution in [-0.2, 0) is 4.74 Å². The van der Waals surface area contributed by atoms with E-state index in [4.69, 9.17) is 0 Å². The molecule has 0 aromatic carbocycles. The van der Waals surface area contributed by atoms with Crippen LogP contribution < -0.4 is 10.6 Å². The molecule has 5 heteroatoms. The molecule has 0 aliphatic carbocycles. The van der Waals surface area contributed by atoms with Crippen LogP contribution in [0.5, 0.6) is 0 Å². The Balaban J connectivity index is 3.76. The van der Waals surface area contributed by atoms with Crippen molar-refractivity contribution >= 4 is 12.1 Å². The molecule has 0 aliphatic heterocycles. The van der Waals surface area contributed by atoms with E-state index in [1.807, 2.05) is 0 Å². The van der Waals surface area contributed by atoms with E-state index < -0.39 is 6.09 Å². The lowest BCUT2D eigenvalue weighted by atomic mass is 10.8. The molecule has 58 valence electrons. The van der Waals surface area contributed by atoms with Crippen molar-refractivity contribution in [3.05, 3.63) is 0 Å². The van der Waals surface area contributed by atoms with Gasteiger partial charge in [-0.05, 0) is 0 Å². The zero-order valence-corrected chi connectivity index (χ0v) is 6.26. The maximum Gasteiger partial charge on any atom is 0.413 e. The first-order chi connectivity index (χ1) is 4.74. The van der Waals surface area contributed by atoms with Gasteiger partial charge in [0.25, 0.3) is 0 Å². The van der Waals surface area contributed by atoms with Gasteiger partial charge in [0.2, 0.25) is 0 Å². The molecule has 0 aromatic heterocycles. The molecule has 0 radical (unpaired) electrons. The highest BCUT2D eigenvalue weighted by molar-refractivity contribution is 5.93. The maximum absolute atomic E-state index is 10.5. The summed E-state index contributed by atoms with van der Waals surface area (Å²) in [6, 6.07) is 0. The SMILES string of the molecule is CN=C(NC)NC(=O)OC. The van der Waals surface area contributed by atoms with E-state index in [9.17, 15) is 4.79 Å². The van der Waals surface area contributed by atoms with Crippen LogP contribution in [0.3, 0.4) is 0 Å². The molecule has 0 unspecified atom stereocenters. The van der Waals surface area contributed by atoms with Crippen molar-refractivity contribution in [1.29, 1.82) is 0 Å². The average Bonchev–Trinajstić information content (AvgIpc) is 1.99. The van der Waals surface area contributed by atoms with Crippen molar-refractivity contribution in [2.75, 3.05) is 21.2 Å². The van der Waals surface area contributed by atoms with Gasteiger partial charge in [0.1, 0.15) is 0 Å². The number of rotatable bonds is 0.